The van der Waals surface area contributed by atoms with E-state index in [1.807, 2.05) is 72.8 Å². The Morgan fingerprint density at radius 3 is 2.03 bits per heavy atom. The van der Waals surface area contributed by atoms with E-state index in [4.69, 9.17) is 11.6 Å². The Morgan fingerprint density at radius 2 is 1.26 bits per heavy atom. The molecular weight excluding hydrogens is 446 g/mol. The molecule has 0 aliphatic heterocycles. The molecule has 0 aromatic heterocycles. The Morgan fingerprint density at radius 1 is 0.647 bits per heavy atom. The summed E-state index contributed by atoms with van der Waals surface area (Å²) in [6.45, 7) is 0. The fourth-order valence-corrected chi connectivity index (χ4v) is 3.46. The van der Waals surface area contributed by atoms with E-state index >= 15 is 0 Å². The number of carbonyl (C=O) groups is 2. The van der Waals surface area contributed by atoms with Gasteiger partial charge in [-0.25, -0.2) is 0 Å². The van der Waals surface area contributed by atoms with Crippen LogP contribution >= 0.6 is 11.6 Å². The van der Waals surface area contributed by atoms with E-state index in [-0.39, 0.29) is 11.8 Å². The van der Waals surface area contributed by atoms with Gasteiger partial charge in [-0.2, -0.15) is 0 Å². The molecule has 0 aliphatic carbocycles. The van der Waals surface area contributed by atoms with Crippen LogP contribution < -0.4 is 16.0 Å². The minimum absolute atomic E-state index is 0.324. The second-order valence-corrected chi connectivity index (χ2v) is 7.82. The van der Waals surface area contributed by atoms with Gasteiger partial charge in [-0.1, -0.05) is 60.1 Å². The first-order valence-electron chi connectivity index (χ1n) is 10.6. The maximum Gasteiger partial charge on any atom is 0.257 e. The van der Waals surface area contributed by atoms with Gasteiger partial charge in [0.05, 0.1) is 11.3 Å². The lowest BCUT2D eigenvalue weighted by Gasteiger charge is -2.11. The summed E-state index contributed by atoms with van der Waals surface area (Å²) in [6.07, 6.45) is 3.01. The van der Waals surface area contributed by atoms with Crippen LogP contribution in [0.4, 0.5) is 22.7 Å². The lowest BCUT2D eigenvalue weighted by molar-refractivity contribution is -0.111. The van der Waals surface area contributed by atoms with E-state index < -0.39 is 0 Å². The van der Waals surface area contributed by atoms with E-state index in [1.165, 1.54) is 6.08 Å². The van der Waals surface area contributed by atoms with E-state index in [0.29, 0.717) is 22.0 Å². The largest absolute Gasteiger partial charge is 0.356 e. The molecule has 0 unspecified atom stereocenters. The second-order valence-electron chi connectivity index (χ2n) is 7.41. The standard InChI is InChI=1S/C28H22ClN3O2/c29-25-12-6-4-8-20(25)14-19-27(33)32-26-13-7-5-11-24(26)28(34)31-23-17-15-22(16-18-23)30-21-9-2-1-3-10-21/h1-19,30H,(H,31,34)(H,32,33). The van der Waals surface area contributed by atoms with Gasteiger partial charge in [-0.3, -0.25) is 9.59 Å². The van der Waals surface area contributed by atoms with Crippen LogP contribution in [-0.2, 0) is 4.79 Å². The van der Waals surface area contributed by atoms with Crippen LogP contribution in [0.15, 0.2) is 109 Å². The van der Waals surface area contributed by atoms with E-state index in [2.05, 4.69) is 16.0 Å². The smallest absolute Gasteiger partial charge is 0.257 e. The summed E-state index contributed by atoms with van der Waals surface area (Å²) in [4.78, 5) is 25.3. The number of halogens is 1. The average Bonchev–Trinajstić information content (AvgIpc) is 2.86. The summed E-state index contributed by atoms with van der Waals surface area (Å²) < 4.78 is 0. The molecule has 4 aromatic carbocycles. The lowest BCUT2D eigenvalue weighted by Crippen LogP contribution is -2.17. The molecule has 0 saturated heterocycles. The fraction of sp³-hybridized carbons (Fsp3) is 0. The predicted molar refractivity (Wildman–Crippen MR) is 140 cm³/mol. The first-order valence-corrected chi connectivity index (χ1v) is 11.0. The Balaban J connectivity index is 1.41. The molecule has 0 saturated carbocycles. The van der Waals surface area contributed by atoms with Crippen molar-refractivity contribution in [2.45, 2.75) is 0 Å². The van der Waals surface area contributed by atoms with Gasteiger partial charge < -0.3 is 16.0 Å². The molecule has 3 N–H and O–H groups in total. The zero-order valence-corrected chi connectivity index (χ0v) is 18.9. The highest BCUT2D eigenvalue weighted by atomic mass is 35.5. The highest BCUT2D eigenvalue weighted by Gasteiger charge is 2.13. The Labute approximate surface area is 203 Å². The van der Waals surface area contributed by atoms with Crippen molar-refractivity contribution >= 4 is 52.2 Å². The predicted octanol–water partition coefficient (Wildman–Crippen LogP) is 6.99. The van der Waals surface area contributed by atoms with E-state index in [9.17, 15) is 9.59 Å². The molecule has 0 radical (unpaired) electrons. The SMILES string of the molecule is O=C(C=Cc1ccccc1Cl)Nc1ccccc1C(=O)Nc1ccc(Nc2ccccc2)cc1. The third kappa shape index (κ3) is 6.12. The third-order valence-corrected chi connectivity index (χ3v) is 5.30. The monoisotopic (exact) mass is 467 g/mol. The zero-order valence-electron chi connectivity index (χ0n) is 18.2. The summed E-state index contributed by atoms with van der Waals surface area (Å²) in [7, 11) is 0. The number of amides is 2. The molecule has 5 nitrogen and oxygen atoms in total. The number of para-hydroxylation sites is 2. The van der Waals surface area contributed by atoms with Crippen LogP contribution in [0.25, 0.3) is 6.08 Å². The molecule has 0 heterocycles. The van der Waals surface area contributed by atoms with Crippen LogP contribution in [0.1, 0.15) is 15.9 Å². The highest BCUT2D eigenvalue weighted by Crippen LogP contribution is 2.21. The number of benzene rings is 4. The minimum Gasteiger partial charge on any atom is -0.356 e. The lowest BCUT2D eigenvalue weighted by atomic mass is 10.1. The Hall–Kier alpha value is -4.35. The van der Waals surface area contributed by atoms with Crippen molar-refractivity contribution in [1.82, 2.24) is 0 Å². The molecule has 4 rings (SSSR count). The van der Waals surface area contributed by atoms with Crippen LogP contribution in [0.5, 0.6) is 0 Å². The van der Waals surface area contributed by atoms with Crippen molar-refractivity contribution in [1.29, 1.82) is 0 Å². The van der Waals surface area contributed by atoms with Crippen LogP contribution in [0.2, 0.25) is 5.02 Å². The molecule has 0 spiro atoms. The number of nitrogens with one attached hydrogen (secondary N) is 3. The van der Waals surface area contributed by atoms with Crippen LogP contribution in [-0.4, -0.2) is 11.8 Å². The first kappa shape index (κ1) is 22.8. The molecule has 0 aliphatic rings. The second kappa shape index (κ2) is 11.0. The molecule has 4 aromatic rings. The Bertz CT molecular complexity index is 1320. The zero-order chi connectivity index (χ0) is 23.8. The molecule has 2 amide bonds. The third-order valence-electron chi connectivity index (χ3n) is 4.95. The number of anilines is 4. The van der Waals surface area contributed by atoms with Crippen molar-refractivity contribution in [3.05, 3.63) is 125 Å². The van der Waals surface area contributed by atoms with Gasteiger partial charge >= 0.3 is 0 Å². The first-order chi connectivity index (χ1) is 16.6. The summed E-state index contributed by atoms with van der Waals surface area (Å²) in [5.74, 6) is -0.689. The van der Waals surface area contributed by atoms with E-state index in [1.54, 1.807) is 36.4 Å². The summed E-state index contributed by atoms with van der Waals surface area (Å²) in [5, 5.41) is 9.49. The molecule has 34 heavy (non-hydrogen) atoms. The number of hydrogen-bond donors (Lipinski definition) is 3. The quantitative estimate of drug-likeness (QED) is 0.256. The Kier molecular flexibility index (Phi) is 7.38. The molecule has 0 fully saturated rings. The minimum atomic E-state index is -0.364. The van der Waals surface area contributed by atoms with Gasteiger partial charge in [-0.05, 0) is 66.2 Å². The fourth-order valence-electron chi connectivity index (χ4n) is 3.26. The number of rotatable bonds is 7. The van der Waals surface area contributed by atoms with Crippen molar-refractivity contribution < 1.29 is 9.59 Å². The maximum absolute atomic E-state index is 12.9. The summed E-state index contributed by atoms with van der Waals surface area (Å²) >= 11 is 6.12. The average molecular weight is 468 g/mol. The molecule has 0 atom stereocenters. The molecule has 168 valence electrons. The number of carbonyl (C=O) groups excluding carboxylic acids is 2. The van der Waals surface area contributed by atoms with Gasteiger partial charge in [0.25, 0.3) is 5.91 Å². The van der Waals surface area contributed by atoms with Crippen molar-refractivity contribution in [3.8, 4) is 0 Å². The topological polar surface area (TPSA) is 70.2 Å². The van der Waals surface area contributed by atoms with Crippen molar-refractivity contribution in [3.63, 3.8) is 0 Å². The van der Waals surface area contributed by atoms with Crippen LogP contribution in [0, 0.1) is 0 Å². The highest BCUT2D eigenvalue weighted by molar-refractivity contribution is 6.32. The van der Waals surface area contributed by atoms with Crippen molar-refractivity contribution in [2.75, 3.05) is 16.0 Å². The molecule has 6 heteroatoms. The van der Waals surface area contributed by atoms with Gasteiger partial charge in [0.1, 0.15) is 0 Å². The van der Waals surface area contributed by atoms with Gasteiger partial charge in [0.15, 0.2) is 0 Å². The van der Waals surface area contributed by atoms with Crippen molar-refractivity contribution in [2.24, 2.45) is 0 Å². The van der Waals surface area contributed by atoms with Gasteiger partial charge in [0.2, 0.25) is 5.91 Å². The maximum atomic E-state index is 12.9. The van der Waals surface area contributed by atoms with Crippen LogP contribution in [0.3, 0.4) is 0 Å². The summed E-state index contributed by atoms with van der Waals surface area (Å²) in [5.41, 5.74) is 4.03. The van der Waals surface area contributed by atoms with E-state index in [0.717, 1.165) is 16.9 Å². The normalized spacial score (nSPS) is 10.6. The summed E-state index contributed by atoms with van der Waals surface area (Å²) in [6, 6.07) is 31.3. The molecule has 0 bridgehead atoms. The van der Waals surface area contributed by atoms with Gasteiger partial charge in [0, 0.05) is 28.2 Å². The van der Waals surface area contributed by atoms with Gasteiger partial charge in [-0.15, -0.1) is 0 Å². The molecular formula is C28H22ClN3O2. The number of hydrogen-bond acceptors (Lipinski definition) is 3.